The van der Waals surface area contributed by atoms with Crippen molar-refractivity contribution in [1.82, 2.24) is 15.1 Å². The normalized spacial score (nSPS) is 15.9. The first-order chi connectivity index (χ1) is 16.4. The van der Waals surface area contributed by atoms with E-state index in [1.807, 2.05) is 26.8 Å². The molecule has 3 rings (SSSR count). The van der Waals surface area contributed by atoms with Gasteiger partial charge in [0.2, 0.25) is 0 Å². The van der Waals surface area contributed by atoms with Crippen molar-refractivity contribution in [3.8, 4) is 17.0 Å². The van der Waals surface area contributed by atoms with Crippen LogP contribution in [-0.2, 0) is 15.7 Å². The van der Waals surface area contributed by atoms with Crippen LogP contribution in [0.5, 0.6) is 5.75 Å². The third kappa shape index (κ3) is 7.17. The van der Waals surface area contributed by atoms with Crippen molar-refractivity contribution in [3.05, 3.63) is 46.7 Å². The molecule has 0 spiro atoms. The van der Waals surface area contributed by atoms with Gasteiger partial charge in [0, 0.05) is 25.8 Å². The molecule has 190 valence electrons. The first-order valence-electron chi connectivity index (χ1n) is 11.2. The second-order valence-electron chi connectivity index (χ2n) is 9.37. The lowest BCUT2D eigenvalue weighted by atomic mass is 10.00. The zero-order valence-corrected chi connectivity index (χ0v) is 20.5. The molecule has 1 aromatic heterocycles. The van der Waals surface area contributed by atoms with E-state index < -0.39 is 17.3 Å². The predicted molar refractivity (Wildman–Crippen MR) is 125 cm³/mol. The number of piperidine rings is 1. The summed E-state index contributed by atoms with van der Waals surface area (Å²) in [5.74, 6) is 0.0138. The van der Waals surface area contributed by atoms with Crippen LogP contribution < -0.4 is 4.74 Å². The Morgan fingerprint density at radius 3 is 2.51 bits per heavy atom. The van der Waals surface area contributed by atoms with Gasteiger partial charge < -0.3 is 19.1 Å². The first kappa shape index (κ1) is 26.5. The van der Waals surface area contributed by atoms with Crippen molar-refractivity contribution in [1.29, 1.82) is 0 Å². The van der Waals surface area contributed by atoms with Crippen LogP contribution in [0.3, 0.4) is 0 Å². The molecule has 0 aliphatic carbocycles. The van der Waals surface area contributed by atoms with Gasteiger partial charge in [-0.15, -0.1) is 5.10 Å². The molecule has 35 heavy (non-hydrogen) atoms. The topological polar surface area (TPSA) is 73.8 Å². The van der Waals surface area contributed by atoms with E-state index in [-0.39, 0.29) is 18.6 Å². The lowest BCUT2D eigenvalue weighted by molar-refractivity contribution is -0.137. The number of ether oxygens (including phenoxy) is 3. The second kappa shape index (κ2) is 10.6. The molecule has 0 radical (unpaired) electrons. The fourth-order valence-electron chi connectivity index (χ4n) is 3.75. The van der Waals surface area contributed by atoms with Gasteiger partial charge in [-0.2, -0.15) is 18.3 Å². The summed E-state index contributed by atoms with van der Waals surface area (Å²) in [6.45, 7) is 7.89. The maximum absolute atomic E-state index is 13.3. The number of methoxy groups -OCH3 is 1. The van der Waals surface area contributed by atoms with Gasteiger partial charge in [-0.25, -0.2) is 4.79 Å². The molecule has 0 unspecified atom stereocenters. The van der Waals surface area contributed by atoms with Crippen molar-refractivity contribution >= 4 is 12.2 Å². The number of likely N-dealkylation sites (tertiary alicyclic amines) is 1. The number of hydrogen-bond donors (Lipinski definition) is 0. The largest absolute Gasteiger partial charge is 0.467 e. The van der Waals surface area contributed by atoms with Crippen LogP contribution in [0.2, 0.25) is 0 Å². The molecule has 1 saturated heterocycles. The number of benzene rings is 1. The van der Waals surface area contributed by atoms with Crippen LogP contribution in [0.25, 0.3) is 17.3 Å². The van der Waals surface area contributed by atoms with Crippen molar-refractivity contribution in [3.63, 3.8) is 0 Å². The Morgan fingerprint density at radius 2 is 1.91 bits per heavy atom. The third-order valence-electron chi connectivity index (χ3n) is 5.22. The molecule has 1 fully saturated rings. The van der Waals surface area contributed by atoms with Gasteiger partial charge in [-0.1, -0.05) is 0 Å². The summed E-state index contributed by atoms with van der Waals surface area (Å²) >= 11 is 0. The molecule has 2 aromatic rings. The number of aryl methyl sites for hydroxylation is 1. The molecule has 0 atom stereocenters. The highest BCUT2D eigenvalue weighted by Crippen LogP contribution is 2.39. The van der Waals surface area contributed by atoms with Crippen molar-refractivity contribution in [2.45, 2.75) is 52.3 Å². The molecule has 1 aliphatic rings. The highest BCUT2D eigenvalue weighted by Gasteiger charge is 2.32. The van der Waals surface area contributed by atoms with Crippen LogP contribution in [0.15, 0.2) is 29.8 Å². The Kier molecular flexibility index (Phi) is 8.04. The Hall–Kier alpha value is -3.14. The van der Waals surface area contributed by atoms with E-state index in [2.05, 4.69) is 10.2 Å². The summed E-state index contributed by atoms with van der Waals surface area (Å²) in [6, 6.07) is 5.41. The number of amides is 1. The van der Waals surface area contributed by atoms with Crippen LogP contribution in [0.1, 0.15) is 50.4 Å². The number of rotatable bonds is 5. The fraction of sp³-hybridized carbons (Fsp3) is 0.480. The Morgan fingerprint density at radius 1 is 1.17 bits per heavy atom. The molecule has 0 bridgehead atoms. The van der Waals surface area contributed by atoms with E-state index in [0.29, 0.717) is 35.6 Å². The van der Waals surface area contributed by atoms with Crippen LogP contribution >= 0.6 is 0 Å². The quantitative estimate of drug-likeness (QED) is 0.485. The molecule has 7 nitrogen and oxygen atoms in total. The number of nitrogens with zero attached hydrogens (tertiary/aromatic N) is 3. The first-order valence-corrected chi connectivity index (χ1v) is 11.2. The van der Waals surface area contributed by atoms with E-state index in [4.69, 9.17) is 14.2 Å². The maximum Gasteiger partial charge on any atom is 0.416 e. The number of hydrogen-bond acceptors (Lipinski definition) is 6. The Labute approximate surface area is 202 Å². The summed E-state index contributed by atoms with van der Waals surface area (Å²) in [7, 11) is 1.39. The van der Waals surface area contributed by atoms with Crippen LogP contribution in [-0.4, -0.2) is 53.8 Å². The fourth-order valence-corrected chi connectivity index (χ4v) is 3.75. The van der Waals surface area contributed by atoms with E-state index in [1.165, 1.54) is 7.11 Å². The number of carbonyl (C=O) groups excluding carboxylic acids is 1. The molecule has 0 saturated carbocycles. The molecule has 2 heterocycles. The van der Waals surface area contributed by atoms with E-state index >= 15 is 0 Å². The number of halogens is 3. The van der Waals surface area contributed by atoms with Gasteiger partial charge in [-0.05, 0) is 82.0 Å². The molecule has 1 aromatic carbocycles. The molecule has 1 amide bonds. The van der Waals surface area contributed by atoms with Gasteiger partial charge in [-0.3, -0.25) is 0 Å². The highest BCUT2D eigenvalue weighted by molar-refractivity contribution is 5.72. The van der Waals surface area contributed by atoms with Crippen molar-refractivity contribution in [2.75, 3.05) is 27.0 Å². The summed E-state index contributed by atoms with van der Waals surface area (Å²) in [4.78, 5) is 14.1. The standard InChI is InChI=1S/C25H30F3N3O4/c1-16-11-18(25(26,27)28)13-21(34-15-33-5)22(16)20-9-8-19(29-30-20)12-17-7-6-10-31(14-17)23(32)35-24(2,3)4/h8-9,11-13H,6-7,10,14-15H2,1-5H3/b17-12+. The monoisotopic (exact) mass is 493 g/mol. The van der Waals surface area contributed by atoms with E-state index in [9.17, 15) is 18.0 Å². The zero-order chi connectivity index (χ0) is 25.8. The van der Waals surface area contributed by atoms with Gasteiger partial charge in [0.1, 0.15) is 11.4 Å². The summed E-state index contributed by atoms with van der Waals surface area (Å²) in [5.41, 5.74) is 1.36. The average molecular weight is 494 g/mol. The Balaban J connectivity index is 1.83. The third-order valence-corrected chi connectivity index (χ3v) is 5.22. The second-order valence-corrected chi connectivity index (χ2v) is 9.37. The van der Waals surface area contributed by atoms with Crippen molar-refractivity contribution in [2.24, 2.45) is 0 Å². The van der Waals surface area contributed by atoms with Gasteiger partial charge >= 0.3 is 12.3 Å². The van der Waals surface area contributed by atoms with Gasteiger partial charge in [0.05, 0.1) is 17.0 Å². The molecule has 1 aliphatic heterocycles. The number of alkyl halides is 3. The van der Waals surface area contributed by atoms with Crippen LogP contribution in [0, 0.1) is 6.92 Å². The zero-order valence-electron chi connectivity index (χ0n) is 20.5. The minimum Gasteiger partial charge on any atom is -0.467 e. The number of carbonyl (C=O) groups is 1. The predicted octanol–water partition coefficient (Wildman–Crippen LogP) is 5.87. The van der Waals surface area contributed by atoms with Gasteiger partial charge in [0.25, 0.3) is 0 Å². The average Bonchev–Trinajstić information content (AvgIpc) is 2.76. The lowest BCUT2D eigenvalue weighted by Gasteiger charge is -2.31. The number of aromatic nitrogens is 2. The summed E-state index contributed by atoms with van der Waals surface area (Å²) in [5, 5.41) is 8.48. The summed E-state index contributed by atoms with van der Waals surface area (Å²) in [6.07, 6.45) is -1.37. The Bertz CT molecular complexity index is 1080. The molecular formula is C25H30F3N3O4. The van der Waals surface area contributed by atoms with E-state index in [0.717, 1.165) is 30.5 Å². The maximum atomic E-state index is 13.3. The lowest BCUT2D eigenvalue weighted by Crippen LogP contribution is -2.40. The SMILES string of the molecule is COCOc1cc(C(F)(F)F)cc(C)c1-c1ccc(/C=C2\CCCN(C(=O)OC(C)(C)C)C2)nn1. The van der Waals surface area contributed by atoms with E-state index in [1.54, 1.807) is 24.0 Å². The molecular weight excluding hydrogens is 463 g/mol. The van der Waals surface area contributed by atoms with Gasteiger partial charge in [0.15, 0.2) is 6.79 Å². The summed E-state index contributed by atoms with van der Waals surface area (Å²) < 4.78 is 55.6. The van der Waals surface area contributed by atoms with Crippen LogP contribution in [0.4, 0.5) is 18.0 Å². The minimum absolute atomic E-state index is 0.0138. The highest BCUT2D eigenvalue weighted by atomic mass is 19.4. The molecule has 0 N–H and O–H groups in total. The molecule has 10 heteroatoms. The smallest absolute Gasteiger partial charge is 0.416 e. The minimum atomic E-state index is -4.51. The van der Waals surface area contributed by atoms with Crippen molar-refractivity contribution < 1.29 is 32.2 Å².